The van der Waals surface area contributed by atoms with E-state index in [0.717, 1.165) is 12.1 Å². The smallest absolute Gasteiger partial charge is 0.0195 e. The first-order valence-electron chi connectivity index (χ1n) is 5.37. The average molecular weight is 168 g/mol. The van der Waals surface area contributed by atoms with Crippen LogP contribution in [0.4, 0.5) is 0 Å². The zero-order valence-corrected chi connectivity index (χ0v) is 8.05. The van der Waals surface area contributed by atoms with Crippen LogP contribution < -0.4 is 5.32 Å². The Bertz CT molecular complexity index is 137. The Morgan fingerprint density at radius 2 is 2.17 bits per heavy atom. The molecule has 1 heterocycles. The topological polar surface area (TPSA) is 15.3 Å². The van der Waals surface area contributed by atoms with Gasteiger partial charge in [0, 0.05) is 18.6 Å². The lowest BCUT2D eigenvalue weighted by Gasteiger charge is -2.23. The maximum absolute atomic E-state index is 3.56. The predicted molar refractivity (Wildman–Crippen MR) is 51.3 cm³/mol. The molecule has 0 radical (unpaired) electrons. The quantitative estimate of drug-likeness (QED) is 0.679. The molecule has 0 aromatic carbocycles. The van der Waals surface area contributed by atoms with Crippen LogP contribution in [0, 0.1) is 0 Å². The summed E-state index contributed by atoms with van der Waals surface area (Å²) in [4.78, 5) is 2.64. The van der Waals surface area contributed by atoms with E-state index < -0.39 is 0 Å². The van der Waals surface area contributed by atoms with Gasteiger partial charge in [-0.1, -0.05) is 6.92 Å². The van der Waals surface area contributed by atoms with Crippen molar-refractivity contribution < 1.29 is 0 Å². The van der Waals surface area contributed by atoms with Crippen molar-refractivity contribution >= 4 is 0 Å². The normalized spacial score (nSPS) is 30.0. The van der Waals surface area contributed by atoms with Crippen molar-refractivity contribution in [1.82, 2.24) is 10.2 Å². The summed E-state index contributed by atoms with van der Waals surface area (Å²) in [5, 5.41) is 3.56. The van der Waals surface area contributed by atoms with Crippen LogP contribution in [0.1, 0.15) is 32.6 Å². The van der Waals surface area contributed by atoms with Gasteiger partial charge in [0.2, 0.25) is 0 Å². The van der Waals surface area contributed by atoms with Crippen LogP contribution in [0.15, 0.2) is 0 Å². The van der Waals surface area contributed by atoms with Crippen LogP contribution in [-0.2, 0) is 0 Å². The highest BCUT2D eigenvalue weighted by Gasteiger charge is 2.29. The molecule has 1 N–H and O–H groups in total. The van der Waals surface area contributed by atoms with Gasteiger partial charge in [-0.15, -0.1) is 0 Å². The van der Waals surface area contributed by atoms with Gasteiger partial charge in [-0.05, 0) is 38.8 Å². The monoisotopic (exact) mass is 168 g/mol. The maximum atomic E-state index is 3.56. The third-order valence-electron chi connectivity index (χ3n) is 3.09. The molecule has 1 atom stereocenters. The molecule has 2 fully saturated rings. The highest BCUT2D eigenvalue weighted by atomic mass is 15.2. The molecule has 12 heavy (non-hydrogen) atoms. The Hall–Kier alpha value is -0.0800. The number of rotatable bonds is 4. The summed E-state index contributed by atoms with van der Waals surface area (Å²) in [6.45, 7) is 6.06. The number of hydrogen-bond acceptors (Lipinski definition) is 2. The maximum Gasteiger partial charge on any atom is 0.0195 e. The van der Waals surface area contributed by atoms with Gasteiger partial charge in [0.25, 0.3) is 0 Å². The molecule has 2 rings (SSSR count). The number of nitrogens with zero attached hydrogens (tertiary/aromatic N) is 1. The average Bonchev–Trinajstić information content (AvgIpc) is 2.80. The van der Waals surface area contributed by atoms with Crippen molar-refractivity contribution in [1.29, 1.82) is 0 Å². The summed E-state index contributed by atoms with van der Waals surface area (Å²) in [7, 11) is 0. The summed E-state index contributed by atoms with van der Waals surface area (Å²) in [6, 6.07) is 1.74. The summed E-state index contributed by atoms with van der Waals surface area (Å²) in [5.41, 5.74) is 0. The van der Waals surface area contributed by atoms with Gasteiger partial charge in [0.15, 0.2) is 0 Å². The van der Waals surface area contributed by atoms with Gasteiger partial charge in [-0.2, -0.15) is 0 Å². The lowest BCUT2D eigenvalue weighted by molar-refractivity contribution is 0.252. The second kappa shape index (κ2) is 3.75. The van der Waals surface area contributed by atoms with Gasteiger partial charge in [-0.3, -0.25) is 4.90 Å². The van der Waals surface area contributed by atoms with E-state index in [1.807, 2.05) is 0 Å². The minimum absolute atomic E-state index is 0.797. The molecular weight excluding hydrogens is 148 g/mol. The van der Waals surface area contributed by atoms with E-state index in [4.69, 9.17) is 0 Å². The molecule has 0 bridgehead atoms. The van der Waals surface area contributed by atoms with E-state index in [9.17, 15) is 0 Å². The zero-order valence-electron chi connectivity index (χ0n) is 8.05. The summed E-state index contributed by atoms with van der Waals surface area (Å²) < 4.78 is 0. The molecule has 2 heteroatoms. The van der Waals surface area contributed by atoms with Crippen LogP contribution >= 0.6 is 0 Å². The van der Waals surface area contributed by atoms with Gasteiger partial charge >= 0.3 is 0 Å². The fraction of sp³-hybridized carbons (Fsp3) is 1.00. The van der Waals surface area contributed by atoms with Gasteiger partial charge < -0.3 is 5.32 Å². The molecule has 0 aromatic rings. The van der Waals surface area contributed by atoms with Crippen LogP contribution in [0.25, 0.3) is 0 Å². The molecule has 0 unspecified atom stereocenters. The van der Waals surface area contributed by atoms with Crippen molar-refractivity contribution in [2.45, 2.75) is 44.7 Å². The summed E-state index contributed by atoms with van der Waals surface area (Å²) >= 11 is 0. The zero-order chi connectivity index (χ0) is 8.39. The first-order valence-corrected chi connectivity index (χ1v) is 5.37. The Morgan fingerprint density at radius 3 is 2.67 bits per heavy atom. The Labute approximate surface area is 75.3 Å². The second-order valence-electron chi connectivity index (χ2n) is 4.11. The molecule has 2 nitrogen and oxygen atoms in total. The largest absolute Gasteiger partial charge is 0.313 e. The third-order valence-corrected chi connectivity index (χ3v) is 3.09. The highest BCUT2D eigenvalue weighted by molar-refractivity contribution is 4.87. The molecule has 70 valence electrons. The minimum Gasteiger partial charge on any atom is -0.313 e. The first-order chi connectivity index (χ1) is 5.90. The van der Waals surface area contributed by atoms with Crippen molar-refractivity contribution in [3.8, 4) is 0 Å². The molecular formula is C10H20N2. The van der Waals surface area contributed by atoms with Crippen molar-refractivity contribution in [2.75, 3.05) is 19.6 Å². The van der Waals surface area contributed by atoms with Crippen molar-refractivity contribution in [3.63, 3.8) is 0 Å². The summed E-state index contributed by atoms with van der Waals surface area (Å²) in [5.74, 6) is 0. The van der Waals surface area contributed by atoms with Crippen LogP contribution in [0.2, 0.25) is 0 Å². The standard InChI is InChI=1S/C10H20N2/c1-2-12(10-5-6-10)8-9-4-3-7-11-9/h9-11H,2-8H2,1H3/t9-/m0/s1. The van der Waals surface area contributed by atoms with Crippen LogP contribution in [0.5, 0.6) is 0 Å². The Balaban J connectivity index is 1.74. The fourth-order valence-electron chi connectivity index (χ4n) is 2.17. The lowest BCUT2D eigenvalue weighted by atomic mass is 10.2. The van der Waals surface area contributed by atoms with Gasteiger partial charge in [-0.25, -0.2) is 0 Å². The van der Waals surface area contributed by atoms with E-state index in [2.05, 4.69) is 17.1 Å². The Kier molecular flexibility index (Phi) is 2.66. The van der Waals surface area contributed by atoms with Crippen LogP contribution in [0.3, 0.4) is 0 Å². The van der Waals surface area contributed by atoms with E-state index in [1.165, 1.54) is 45.3 Å². The second-order valence-corrected chi connectivity index (χ2v) is 4.11. The van der Waals surface area contributed by atoms with E-state index in [-0.39, 0.29) is 0 Å². The minimum atomic E-state index is 0.797. The SMILES string of the molecule is CCN(C[C@@H]1CCCN1)C1CC1. The fourth-order valence-corrected chi connectivity index (χ4v) is 2.17. The number of likely N-dealkylation sites (N-methyl/N-ethyl adjacent to an activating group) is 1. The lowest BCUT2D eigenvalue weighted by Crippen LogP contribution is -2.38. The van der Waals surface area contributed by atoms with Gasteiger partial charge in [0.1, 0.15) is 0 Å². The van der Waals surface area contributed by atoms with Crippen molar-refractivity contribution in [3.05, 3.63) is 0 Å². The van der Waals surface area contributed by atoms with Gasteiger partial charge in [0.05, 0.1) is 0 Å². The highest BCUT2D eigenvalue weighted by Crippen LogP contribution is 2.27. The molecule has 1 aliphatic heterocycles. The summed E-state index contributed by atoms with van der Waals surface area (Å²) in [6.07, 6.45) is 5.66. The van der Waals surface area contributed by atoms with Crippen LogP contribution in [-0.4, -0.2) is 36.6 Å². The Morgan fingerprint density at radius 1 is 1.33 bits per heavy atom. The molecule has 0 spiro atoms. The van der Waals surface area contributed by atoms with Crippen molar-refractivity contribution in [2.24, 2.45) is 0 Å². The number of hydrogen-bond donors (Lipinski definition) is 1. The molecule has 1 saturated heterocycles. The van der Waals surface area contributed by atoms with E-state index >= 15 is 0 Å². The van der Waals surface area contributed by atoms with E-state index in [1.54, 1.807) is 0 Å². The third kappa shape index (κ3) is 1.99. The predicted octanol–water partition coefficient (Wildman–Crippen LogP) is 1.22. The molecule has 1 aliphatic carbocycles. The molecule has 0 aromatic heterocycles. The molecule has 1 saturated carbocycles. The number of nitrogens with one attached hydrogen (secondary N) is 1. The van der Waals surface area contributed by atoms with E-state index in [0.29, 0.717) is 0 Å². The molecule has 2 aliphatic rings. The molecule has 0 amide bonds. The first kappa shape index (κ1) is 8.52.